The summed E-state index contributed by atoms with van der Waals surface area (Å²) in [5.74, 6) is 4.09. The van der Waals surface area contributed by atoms with Crippen molar-refractivity contribution in [2.75, 3.05) is 18.1 Å². The molecule has 2 heterocycles. The Labute approximate surface area is 121 Å². The first-order chi connectivity index (χ1) is 9.13. The number of hydrogen-bond donors (Lipinski definition) is 1. The Hall–Kier alpha value is -0.220. The van der Waals surface area contributed by atoms with Gasteiger partial charge >= 0.3 is 0 Å². The molecule has 0 radical (unpaired) electrons. The zero-order valence-electron chi connectivity index (χ0n) is 12.5. The van der Waals surface area contributed by atoms with Gasteiger partial charge in [0.2, 0.25) is 5.91 Å². The van der Waals surface area contributed by atoms with E-state index in [2.05, 4.69) is 42.7 Å². The summed E-state index contributed by atoms with van der Waals surface area (Å²) in [5, 5.41) is 3.55. The molecule has 0 saturated carbocycles. The maximum atomic E-state index is 12.5. The van der Waals surface area contributed by atoms with Crippen LogP contribution in [0.1, 0.15) is 46.5 Å². The summed E-state index contributed by atoms with van der Waals surface area (Å²) >= 11 is 2.05. The van der Waals surface area contributed by atoms with Gasteiger partial charge in [0.15, 0.2) is 0 Å². The summed E-state index contributed by atoms with van der Waals surface area (Å²) in [6, 6.07) is 0.0652. The SMILES string of the molecule is CCCC1NC(C(C)C)N(CC2CCSCC2)C1=O. The van der Waals surface area contributed by atoms with E-state index in [4.69, 9.17) is 0 Å². The minimum atomic E-state index is 0.0652. The molecule has 2 fully saturated rings. The number of amides is 1. The van der Waals surface area contributed by atoms with Gasteiger partial charge < -0.3 is 4.90 Å². The normalized spacial score (nSPS) is 29.5. The number of rotatable bonds is 5. The minimum absolute atomic E-state index is 0.0652. The highest BCUT2D eigenvalue weighted by Gasteiger charge is 2.40. The van der Waals surface area contributed by atoms with Crippen LogP contribution in [0.2, 0.25) is 0 Å². The van der Waals surface area contributed by atoms with Crippen molar-refractivity contribution < 1.29 is 4.79 Å². The van der Waals surface area contributed by atoms with E-state index in [1.807, 2.05) is 0 Å². The average Bonchev–Trinajstić information content (AvgIpc) is 2.70. The summed E-state index contributed by atoms with van der Waals surface area (Å²) in [6.07, 6.45) is 4.84. The maximum Gasteiger partial charge on any atom is 0.241 e. The van der Waals surface area contributed by atoms with Crippen LogP contribution in [0.4, 0.5) is 0 Å². The molecule has 0 aromatic heterocycles. The van der Waals surface area contributed by atoms with E-state index in [-0.39, 0.29) is 12.2 Å². The summed E-state index contributed by atoms with van der Waals surface area (Å²) in [4.78, 5) is 14.7. The zero-order valence-corrected chi connectivity index (χ0v) is 13.3. The fraction of sp³-hybridized carbons (Fsp3) is 0.933. The molecule has 2 aliphatic heterocycles. The average molecular weight is 284 g/mol. The van der Waals surface area contributed by atoms with Crippen LogP contribution in [0.5, 0.6) is 0 Å². The molecule has 0 aromatic carbocycles. The Morgan fingerprint density at radius 2 is 2.05 bits per heavy atom. The van der Waals surface area contributed by atoms with Crippen molar-refractivity contribution in [1.82, 2.24) is 10.2 Å². The number of hydrogen-bond acceptors (Lipinski definition) is 3. The van der Waals surface area contributed by atoms with Crippen LogP contribution in [0, 0.1) is 11.8 Å². The number of carbonyl (C=O) groups is 1. The van der Waals surface area contributed by atoms with Gasteiger partial charge in [0, 0.05) is 6.54 Å². The monoisotopic (exact) mass is 284 g/mol. The first-order valence-electron chi connectivity index (χ1n) is 7.77. The molecule has 2 saturated heterocycles. The molecule has 110 valence electrons. The van der Waals surface area contributed by atoms with E-state index in [0.29, 0.717) is 17.7 Å². The quantitative estimate of drug-likeness (QED) is 0.842. The van der Waals surface area contributed by atoms with Crippen molar-refractivity contribution in [2.24, 2.45) is 11.8 Å². The van der Waals surface area contributed by atoms with Crippen LogP contribution in [0.25, 0.3) is 0 Å². The van der Waals surface area contributed by atoms with Crippen molar-refractivity contribution in [3.05, 3.63) is 0 Å². The van der Waals surface area contributed by atoms with Gasteiger partial charge in [0.05, 0.1) is 12.2 Å². The summed E-state index contributed by atoms with van der Waals surface area (Å²) < 4.78 is 0. The fourth-order valence-electron chi connectivity index (χ4n) is 3.16. The van der Waals surface area contributed by atoms with E-state index in [1.54, 1.807) is 0 Å². The fourth-order valence-corrected chi connectivity index (χ4v) is 4.37. The van der Waals surface area contributed by atoms with E-state index < -0.39 is 0 Å². The second kappa shape index (κ2) is 6.98. The molecule has 1 N–H and O–H groups in total. The number of nitrogens with one attached hydrogen (secondary N) is 1. The smallest absolute Gasteiger partial charge is 0.241 e. The minimum Gasteiger partial charge on any atom is -0.325 e. The van der Waals surface area contributed by atoms with Crippen LogP contribution in [-0.2, 0) is 4.79 Å². The van der Waals surface area contributed by atoms with Crippen LogP contribution < -0.4 is 5.32 Å². The molecule has 1 amide bonds. The third-order valence-corrected chi connectivity index (χ3v) is 5.34. The molecular formula is C15H28N2OS. The van der Waals surface area contributed by atoms with Crippen molar-refractivity contribution >= 4 is 17.7 Å². The number of nitrogens with zero attached hydrogens (tertiary/aromatic N) is 1. The molecule has 2 unspecified atom stereocenters. The highest BCUT2D eigenvalue weighted by Crippen LogP contribution is 2.27. The first kappa shape index (κ1) is 15.2. The zero-order chi connectivity index (χ0) is 13.8. The van der Waals surface area contributed by atoms with Gasteiger partial charge in [-0.25, -0.2) is 0 Å². The molecule has 0 bridgehead atoms. The molecule has 0 aliphatic carbocycles. The van der Waals surface area contributed by atoms with Crippen LogP contribution in [-0.4, -0.2) is 41.1 Å². The molecule has 0 spiro atoms. The molecule has 19 heavy (non-hydrogen) atoms. The predicted molar refractivity (Wildman–Crippen MR) is 82.2 cm³/mol. The maximum absolute atomic E-state index is 12.5. The summed E-state index contributed by atoms with van der Waals surface area (Å²) in [6.45, 7) is 7.54. The van der Waals surface area contributed by atoms with Crippen molar-refractivity contribution in [1.29, 1.82) is 0 Å². The van der Waals surface area contributed by atoms with Crippen molar-refractivity contribution in [3.63, 3.8) is 0 Å². The second-order valence-electron chi connectivity index (χ2n) is 6.24. The Morgan fingerprint density at radius 3 is 2.63 bits per heavy atom. The third-order valence-electron chi connectivity index (χ3n) is 4.29. The van der Waals surface area contributed by atoms with Gasteiger partial charge in [0.1, 0.15) is 0 Å². The number of thioether (sulfide) groups is 1. The standard InChI is InChI=1S/C15H28N2OS/c1-4-5-13-15(18)17(14(16-13)11(2)3)10-12-6-8-19-9-7-12/h11-14,16H,4-10H2,1-3H3. The lowest BCUT2D eigenvalue weighted by Crippen LogP contribution is -2.44. The molecule has 2 aliphatic rings. The number of carbonyl (C=O) groups excluding carboxylic acids is 1. The highest BCUT2D eigenvalue weighted by molar-refractivity contribution is 7.99. The van der Waals surface area contributed by atoms with Gasteiger partial charge in [0.25, 0.3) is 0 Å². The van der Waals surface area contributed by atoms with Crippen molar-refractivity contribution in [2.45, 2.75) is 58.7 Å². The molecule has 3 nitrogen and oxygen atoms in total. The molecule has 4 heteroatoms. The van der Waals surface area contributed by atoms with E-state index in [1.165, 1.54) is 24.3 Å². The molecular weight excluding hydrogens is 256 g/mol. The lowest BCUT2D eigenvalue weighted by Gasteiger charge is -2.32. The highest BCUT2D eigenvalue weighted by atomic mass is 32.2. The third kappa shape index (κ3) is 3.66. The van der Waals surface area contributed by atoms with E-state index in [0.717, 1.165) is 19.4 Å². The van der Waals surface area contributed by atoms with E-state index >= 15 is 0 Å². The van der Waals surface area contributed by atoms with E-state index in [9.17, 15) is 4.79 Å². The Kier molecular flexibility index (Phi) is 5.58. The molecule has 0 aromatic rings. The Morgan fingerprint density at radius 1 is 1.37 bits per heavy atom. The lowest BCUT2D eigenvalue weighted by atomic mass is 10.0. The topological polar surface area (TPSA) is 32.3 Å². The Balaban J connectivity index is 1.99. The van der Waals surface area contributed by atoms with Crippen LogP contribution >= 0.6 is 11.8 Å². The van der Waals surface area contributed by atoms with Gasteiger partial charge in [-0.2, -0.15) is 11.8 Å². The second-order valence-corrected chi connectivity index (χ2v) is 7.47. The van der Waals surface area contributed by atoms with Gasteiger partial charge in [-0.1, -0.05) is 27.2 Å². The van der Waals surface area contributed by atoms with Gasteiger partial charge in [-0.05, 0) is 42.6 Å². The van der Waals surface area contributed by atoms with Crippen LogP contribution in [0.15, 0.2) is 0 Å². The molecule has 2 rings (SSSR count). The summed E-state index contributed by atoms with van der Waals surface area (Å²) in [5.41, 5.74) is 0. The van der Waals surface area contributed by atoms with Crippen molar-refractivity contribution in [3.8, 4) is 0 Å². The van der Waals surface area contributed by atoms with Gasteiger partial charge in [-0.15, -0.1) is 0 Å². The predicted octanol–water partition coefficient (Wildman–Crippen LogP) is 2.71. The lowest BCUT2D eigenvalue weighted by molar-refractivity contribution is -0.131. The molecule has 2 atom stereocenters. The first-order valence-corrected chi connectivity index (χ1v) is 8.93. The van der Waals surface area contributed by atoms with Gasteiger partial charge in [-0.3, -0.25) is 10.1 Å². The summed E-state index contributed by atoms with van der Waals surface area (Å²) in [7, 11) is 0. The largest absolute Gasteiger partial charge is 0.325 e. The van der Waals surface area contributed by atoms with Crippen LogP contribution in [0.3, 0.4) is 0 Å². The Bertz CT molecular complexity index is 303.